The van der Waals surface area contributed by atoms with Gasteiger partial charge in [0.1, 0.15) is 5.82 Å². The number of aromatic nitrogens is 2. The Morgan fingerprint density at radius 3 is 2.34 bits per heavy atom. The molecule has 2 bridgehead atoms. The first kappa shape index (κ1) is 26.3. The summed E-state index contributed by atoms with van der Waals surface area (Å²) in [4.78, 5) is 47.5. The van der Waals surface area contributed by atoms with Crippen molar-refractivity contribution in [1.82, 2.24) is 24.3 Å². The molecular weight excluding hydrogens is 484 g/mol. The largest absolute Gasteiger partial charge is 0.354 e. The van der Waals surface area contributed by atoms with Crippen molar-refractivity contribution in [3.63, 3.8) is 0 Å². The molecule has 0 atom stereocenters. The first-order valence-corrected chi connectivity index (χ1v) is 13.3. The maximum atomic E-state index is 12.7. The molecule has 3 saturated heterocycles. The highest BCUT2D eigenvalue weighted by atomic mass is 16.2. The summed E-state index contributed by atoms with van der Waals surface area (Å²) in [6.45, 7) is 8.02. The van der Waals surface area contributed by atoms with Crippen LogP contribution in [0.2, 0.25) is 0 Å². The lowest BCUT2D eigenvalue weighted by molar-refractivity contribution is -0.137. The van der Waals surface area contributed by atoms with E-state index in [0.717, 1.165) is 44.8 Å². The van der Waals surface area contributed by atoms with Crippen molar-refractivity contribution in [1.29, 1.82) is 0 Å². The molecule has 6 rings (SSSR count). The molecule has 5 N–H and O–H groups in total. The Hall–Kier alpha value is -3.28. The van der Waals surface area contributed by atoms with Gasteiger partial charge in [0.2, 0.25) is 5.91 Å². The zero-order valence-corrected chi connectivity index (χ0v) is 22.2. The molecule has 0 radical (unpaired) electrons. The van der Waals surface area contributed by atoms with Crippen molar-refractivity contribution in [2.75, 3.05) is 51.1 Å². The monoisotopic (exact) mass is 522 g/mol. The molecule has 1 aliphatic carbocycles. The van der Waals surface area contributed by atoms with Crippen LogP contribution >= 0.6 is 0 Å². The van der Waals surface area contributed by atoms with Crippen LogP contribution in [-0.2, 0) is 11.2 Å². The molecule has 204 valence electrons. The van der Waals surface area contributed by atoms with Gasteiger partial charge in [-0.3, -0.25) is 14.7 Å². The molecule has 1 saturated carbocycles. The van der Waals surface area contributed by atoms with Crippen molar-refractivity contribution in [2.45, 2.75) is 44.2 Å². The van der Waals surface area contributed by atoms with E-state index in [1.165, 1.54) is 10.1 Å². The smallest absolute Gasteiger partial charge is 0.338 e. The summed E-state index contributed by atoms with van der Waals surface area (Å²) in [5.41, 5.74) is 12.8. The van der Waals surface area contributed by atoms with Crippen LogP contribution < -0.4 is 22.5 Å². The van der Waals surface area contributed by atoms with Gasteiger partial charge in [0.05, 0.1) is 11.2 Å². The molecule has 0 spiro atoms. The van der Waals surface area contributed by atoms with E-state index in [2.05, 4.69) is 15.2 Å². The Kier molecular flexibility index (Phi) is 7.01. The van der Waals surface area contributed by atoms with E-state index in [1.807, 2.05) is 24.3 Å². The number of nitrogens with zero attached hydrogens (tertiary/aromatic N) is 5. The normalized spacial score (nSPS) is 23.6. The van der Waals surface area contributed by atoms with Gasteiger partial charge in [-0.15, -0.1) is 0 Å². The number of hydrogen-bond donors (Lipinski definition) is 3. The second-order valence-electron chi connectivity index (χ2n) is 11.7. The van der Waals surface area contributed by atoms with Crippen molar-refractivity contribution in [2.24, 2.45) is 17.4 Å². The SMILES string of the molecule is CC(C)(N)C(=O)N1CCN(C(=O)Nc2ccn(-c3ccc(CCN4CC5CC(N)(C5)C4)cc3)c(=O)n2)CC1. The van der Waals surface area contributed by atoms with Crippen LogP contribution in [0.4, 0.5) is 10.6 Å². The molecule has 1 aromatic carbocycles. The van der Waals surface area contributed by atoms with E-state index in [9.17, 15) is 14.4 Å². The molecule has 11 heteroatoms. The number of carbonyl (C=O) groups is 2. The third-order valence-corrected chi connectivity index (χ3v) is 7.82. The van der Waals surface area contributed by atoms with Gasteiger partial charge in [-0.05, 0) is 62.8 Å². The Morgan fingerprint density at radius 1 is 1.08 bits per heavy atom. The van der Waals surface area contributed by atoms with E-state index in [0.29, 0.717) is 31.9 Å². The van der Waals surface area contributed by atoms with Crippen molar-refractivity contribution < 1.29 is 9.59 Å². The number of nitrogens with one attached hydrogen (secondary N) is 1. The fourth-order valence-electron chi connectivity index (χ4n) is 5.88. The van der Waals surface area contributed by atoms with Crippen molar-refractivity contribution >= 4 is 17.8 Å². The molecule has 11 nitrogen and oxygen atoms in total. The summed E-state index contributed by atoms with van der Waals surface area (Å²) >= 11 is 0. The molecule has 3 amide bonds. The summed E-state index contributed by atoms with van der Waals surface area (Å²) in [7, 11) is 0. The number of benzene rings is 1. The summed E-state index contributed by atoms with van der Waals surface area (Å²) in [5, 5.41) is 2.69. The summed E-state index contributed by atoms with van der Waals surface area (Å²) in [6.07, 6.45) is 4.88. The molecule has 3 aliphatic heterocycles. The zero-order chi connectivity index (χ0) is 27.1. The van der Waals surface area contributed by atoms with Gasteiger partial charge in [-0.25, -0.2) is 9.59 Å². The molecule has 4 heterocycles. The van der Waals surface area contributed by atoms with Gasteiger partial charge < -0.3 is 26.2 Å². The third kappa shape index (κ3) is 5.74. The highest BCUT2D eigenvalue weighted by molar-refractivity contribution is 5.89. The van der Waals surface area contributed by atoms with Crippen LogP contribution in [0.1, 0.15) is 32.3 Å². The molecule has 4 aliphatic rings. The number of urea groups is 1. The zero-order valence-electron chi connectivity index (χ0n) is 22.2. The summed E-state index contributed by atoms with van der Waals surface area (Å²) in [6, 6.07) is 9.15. The number of carbonyl (C=O) groups excluding carboxylic acids is 2. The summed E-state index contributed by atoms with van der Waals surface area (Å²) in [5.74, 6) is 0.804. The Morgan fingerprint density at radius 2 is 1.74 bits per heavy atom. The number of anilines is 1. The second kappa shape index (κ2) is 10.1. The standard InChI is InChI=1S/C27H38N8O3/c1-26(2,28)23(36)33-11-13-34(14-12-33)24(37)30-22-8-10-35(25(38)31-22)21-5-3-19(4-6-21)7-9-32-17-20-15-27(29,16-20)18-32/h3-6,8,10,20H,7,9,11-18,28-29H2,1-2H3,(H,30,31,37,38). The minimum Gasteiger partial charge on any atom is -0.338 e. The molecule has 4 fully saturated rings. The maximum absolute atomic E-state index is 12.7. The van der Waals surface area contributed by atoms with Crippen molar-refractivity contribution in [3.8, 4) is 5.69 Å². The van der Waals surface area contributed by atoms with Gasteiger partial charge in [0, 0.05) is 57.5 Å². The van der Waals surface area contributed by atoms with Crippen LogP contribution in [0, 0.1) is 5.92 Å². The van der Waals surface area contributed by atoms with Crippen LogP contribution in [0.5, 0.6) is 0 Å². The highest BCUT2D eigenvalue weighted by Gasteiger charge is 2.46. The average molecular weight is 523 g/mol. The van der Waals surface area contributed by atoms with Crippen molar-refractivity contribution in [3.05, 3.63) is 52.6 Å². The van der Waals surface area contributed by atoms with E-state index in [4.69, 9.17) is 11.5 Å². The fourth-order valence-corrected chi connectivity index (χ4v) is 5.88. The van der Waals surface area contributed by atoms with E-state index in [-0.39, 0.29) is 23.3 Å². The van der Waals surface area contributed by atoms with Gasteiger partial charge in [-0.1, -0.05) is 12.1 Å². The predicted octanol–water partition coefficient (Wildman–Crippen LogP) is 0.612. The number of fused-ring (bicyclic) bond motifs is 2. The van der Waals surface area contributed by atoms with Crippen LogP contribution in [0.25, 0.3) is 5.69 Å². The number of piperazine rings is 1. The fraction of sp³-hybridized carbons (Fsp3) is 0.556. The number of nitrogens with two attached hydrogens (primary N) is 2. The van der Waals surface area contributed by atoms with Crippen LogP contribution in [0.3, 0.4) is 0 Å². The number of piperidine rings is 2. The number of rotatable bonds is 6. The molecular formula is C27H38N8O3. The van der Waals surface area contributed by atoms with Crippen LogP contribution in [-0.4, -0.2) is 93.1 Å². The predicted molar refractivity (Wildman–Crippen MR) is 145 cm³/mol. The van der Waals surface area contributed by atoms with Gasteiger partial charge >= 0.3 is 11.7 Å². The Bertz CT molecular complexity index is 1240. The number of hydrogen-bond acceptors (Lipinski definition) is 7. The lowest BCUT2D eigenvalue weighted by Crippen LogP contribution is -2.66. The second-order valence-corrected chi connectivity index (χ2v) is 11.7. The minimum absolute atomic E-state index is 0.0317. The molecule has 2 aromatic rings. The minimum atomic E-state index is -0.944. The molecule has 0 unspecified atom stereocenters. The van der Waals surface area contributed by atoms with Gasteiger partial charge in [0.15, 0.2) is 0 Å². The molecule has 1 aromatic heterocycles. The van der Waals surface area contributed by atoms with E-state index >= 15 is 0 Å². The quantitative estimate of drug-likeness (QED) is 0.504. The van der Waals surface area contributed by atoms with Gasteiger partial charge in [-0.2, -0.15) is 4.98 Å². The van der Waals surface area contributed by atoms with Crippen LogP contribution in [0.15, 0.2) is 41.3 Å². The average Bonchev–Trinajstić information content (AvgIpc) is 2.86. The maximum Gasteiger partial charge on any atom is 0.354 e. The highest BCUT2D eigenvalue weighted by Crippen LogP contribution is 2.41. The first-order chi connectivity index (χ1) is 18.0. The topological polar surface area (TPSA) is 143 Å². The Balaban J connectivity index is 1.13. The summed E-state index contributed by atoms with van der Waals surface area (Å²) < 4.78 is 1.45. The number of amides is 3. The lowest BCUT2D eigenvalue weighted by Gasteiger charge is -2.54. The molecule has 38 heavy (non-hydrogen) atoms. The Labute approximate surface area is 222 Å². The van der Waals surface area contributed by atoms with Gasteiger partial charge in [0.25, 0.3) is 0 Å². The van der Waals surface area contributed by atoms with E-state index < -0.39 is 11.2 Å². The third-order valence-electron chi connectivity index (χ3n) is 7.82. The van der Waals surface area contributed by atoms with E-state index in [1.54, 1.807) is 35.9 Å². The lowest BCUT2D eigenvalue weighted by atomic mass is 9.65. The first-order valence-electron chi connectivity index (χ1n) is 13.3.